The molecule has 0 aliphatic carbocycles. The molecule has 0 bridgehead atoms. The zero-order valence-electron chi connectivity index (χ0n) is 23.1. The van der Waals surface area contributed by atoms with Crippen LogP contribution in [-0.4, -0.2) is 59.2 Å². The van der Waals surface area contributed by atoms with Crippen LogP contribution in [0.25, 0.3) is 10.9 Å². The van der Waals surface area contributed by atoms with Gasteiger partial charge in [0.1, 0.15) is 22.9 Å². The van der Waals surface area contributed by atoms with Crippen LogP contribution in [0.3, 0.4) is 0 Å². The van der Waals surface area contributed by atoms with Crippen molar-refractivity contribution in [2.45, 2.75) is 13.1 Å². The average Bonchev–Trinajstić information content (AvgIpc) is 3.26. The number of carboxylic acids is 1. The molecule has 1 aromatic heterocycles. The van der Waals surface area contributed by atoms with E-state index in [-0.39, 0.29) is 24.7 Å². The highest BCUT2D eigenvalue weighted by Gasteiger charge is 2.27. The van der Waals surface area contributed by atoms with E-state index >= 15 is 0 Å². The second kappa shape index (κ2) is 13.4. The second-order valence-corrected chi connectivity index (χ2v) is 10.2. The highest BCUT2D eigenvalue weighted by Crippen LogP contribution is 2.33. The van der Waals surface area contributed by atoms with Gasteiger partial charge in [-0.3, -0.25) is 14.9 Å². The van der Waals surface area contributed by atoms with Crippen molar-refractivity contribution >= 4 is 51.1 Å². The number of aliphatic carboxylic acids is 1. The molecule has 3 aromatic carbocycles. The number of nitro groups is 1. The maximum atomic E-state index is 14.4. The number of ether oxygens (including phenoxy) is 3. The summed E-state index contributed by atoms with van der Waals surface area (Å²) in [6.07, 6.45) is 2.37. The number of benzene rings is 3. The highest BCUT2D eigenvalue weighted by atomic mass is 127. The Morgan fingerprint density at radius 2 is 1.69 bits per heavy atom. The molecule has 0 fully saturated rings. The molecular weight excluding hydrogens is 657 g/mol. The Kier molecular flexibility index (Phi) is 9.68. The summed E-state index contributed by atoms with van der Waals surface area (Å²) in [5, 5.41) is 21.3. The number of carboxylic acid groups (broad SMARTS) is 1. The standard InChI is InChI=1S/C30H28IN3O8/c1-40-22-10-6-19(7-11-22)17-33-25-13-9-21(34(38)39)15-24(25)28(31)29(33)30(37)32(14-4-5-27(35)36)18-20-8-12-23(41-2)16-26(20)42-3/h4-13,15-16H,14,17-18H2,1-3H3,(H,35,36). The quantitative estimate of drug-likeness (QED) is 0.0894. The Bertz CT molecular complexity index is 1660. The van der Waals surface area contributed by atoms with Crippen LogP contribution in [0.15, 0.2) is 72.8 Å². The predicted molar refractivity (Wildman–Crippen MR) is 164 cm³/mol. The summed E-state index contributed by atoms with van der Waals surface area (Å²) in [7, 11) is 4.62. The van der Waals surface area contributed by atoms with Crippen molar-refractivity contribution in [3.63, 3.8) is 0 Å². The van der Waals surface area contributed by atoms with Crippen LogP contribution in [0.1, 0.15) is 21.6 Å². The number of amides is 1. The molecule has 4 aromatic rings. The van der Waals surface area contributed by atoms with Crippen molar-refractivity contribution in [3.8, 4) is 17.2 Å². The van der Waals surface area contributed by atoms with Crippen LogP contribution < -0.4 is 14.2 Å². The summed E-state index contributed by atoms with van der Waals surface area (Å²) < 4.78 is 18.5. The molecule has 42 heavy (non-hydrogen) atoms. The molecule has 11 nitrogen and oxygen atoms in total. The van der Waals surface area contributed by atoms with E-state index in [4.69, 9.17) is 14.2 Å². The van der Waals surface area contributed by atoms with E-state index in [1.807, 2.05) is 51.4 Å². The summed E-state index contributed by atoms with van der Waals surface area (Å²) in [6, 6.07) is 17.1. The van der Waals surface area contributed by atoms with Crippen LogP contribution >= 0.6 is 22.6 Å². The Labute approximate surface area is 255 Å². The maximum absolute atomic E-state index is 14.4. The third-order valence-electron chi connectivity index (χ3n) is 6.63. The zero-order valence-corrected chi connectivity index (χ0v) is 25.2. The van der Waals surface area contributed by atoms with Gasteiger partial charge in [-0.1, -0.05) is 18.2 Å². The molecule has 0 radical (unpaired) electrons. The van der Waals surface area contributed by atoms with Gasteiger partial charge in [0.15, 0.2) is 0 Å². The number of carbonyl (C=O) groups excluding carboxylic acids is 1. The molecule has 0 unspecified atom stereocenters. The van der Waals surface area contributed by atoms with Crippen LogP contribution in [0, 0.1) is 13.7 Å². The Balaban J connectivity index is 1.85. The fourth-order valence-corrected chi connectivity index (χ4v) is 5.49. The van der Waals surface area contributed by atoms with Crippen molar-refractivity contribution < 1.29 is 33.8 Å². The number of rotatable bonds is 12. The van der Waals surface area contributed by atoms with Crippen LogP contribution in [0.4, 0.5) is 5.69 Å². The molecule has 4 rings (SSSR count). The van der Waals surface area contributed by atoms with Crippen molar-refractivity contribution in [2.24, 2.45) is 0 Å². The van der Waals surface area contributed by atoms with Crippen molar-refractivity contribution in [3.05, 3.63) is 103 Å². The number of hydrogen-bond donors (Lipinski definition) is 1. The van der Waals surface area contributed by atoms with E-state index in [0.717, 1.165) is 11.6 Å². The van der Waals surface area contributed by atoms with Gasteiger partial charge in [-0.05, 0) is 58.5 Å². The number of non-ortho nitro benzene ring substituents is 1. The molecule has 0 aliphatic rings. The molecule has 0 aliphatic heterocycles. The maximum Gasteiger partial charge on any atom is 0.328 e. The number of halogens is 1. The fourth-order valence-electron chi connectivity index (χ4n) is 4.54. The lowest BCUT2D eigenvalue weighted by Gasteiger charge is -2.24. The summed E-state index contributed by atoms with van der Waals surface area (Å²) in [4.78, 5) is 38.2. The summed E-state index contributed by atoms with van der Waals surface area (Å²) in [5.41, 5.74) is 2.43. The molecule has 1 N–H and O–H groups in total. The number of nitro benzene ring substituents is 1. The molecule has 0 atom stereocenters. The van der Waals surface area contributed by atoms with Gasteiger partial charge >= 0.3 is 5.97 Å². The number of nitrogens with zero attached hydrogens (tertiary/aromatic N) is 3. The van der Waals surface area contributed by atoms with E-state index in [1.54, 1.807) is 31.4 Å². The van der Waals surface area contributed by atoms with Gasteiger partial charge in [0, 0.05) is 48.3 Å². The molecule has 1 heterocycles. The zero-order chi connectivity index (χ0) is 30.4. The molecule has 0 saturated carbocycles. The summed E-state index contributed by atoms with van der Waals surface area (Å²) in [5.74, 6) is 0.232. The van der Waals surface area contributed by atoms with Gasteiger partial charge in [0.25, 0.3) is 11.6 Å². The normalized spacial score (nSPS) is 11.0. The second-order valence-electron chi connectivity index (χ2n) is 9.16. The van der Waals surface area contributed by atoms with E-state index in [9.17, 15) is 24.8 Å². The van der Waals surface area contributed by atoms with Crippen LogP contribution in [0.2, 0.25) is 0 Å². The topological polar surface area (TPSA) is 133 Å². The van der Waals surface area contributed by atoms with E-state index < -0.39 is 10.9 Å². The van der Waals surface area contributed by atoms with Gasteiger partial charge in [-0.2, -0.15) is 0 Å². The third-order valence-corrected chi connectivity index (χ3v) is 7.72. The van der Waals surface area contributed by atoms with Gasteiger partial charge in [0.2, 0.25) is 0 Å². The van der Waals surface area contributed by atoms with Crippen molar-refractivity contribution in [2.75, 3.05) is 27.9 Å². The minimum absolute atomic E-state index is 0.0133. The first kappa shape index (κ1) is 30.4. The number of methoxy groups -OCH3 is 3. The van der Waals surface area contributed by atoms with Crippen LogP contribution in [0.5, 0.6) is 17.2 Å². The van der Waals surface area contributed by atoms with Gasteiger partial charge in [0.05, 0.1) is 41.9 Å². The van der Waals surface area contributed by atoms with Gasteiger partial charge < -0.3 is 28.8 Å². The Hall–Kier alpha value is -4.59. The number of carbonyl (C=O) groups is 2. The lowest BCUT2D eigenvalue weighted by Crippen LogP contribution is -2.33. The first-order chi connectivity index (χ1) is 20.2. The molecule has 0 saturated heterocycles. The van der Waals surface area contributed by atoms with Gasteiger partial charge in [-0.15, -0.1) is 0 Å². The fraction of sp³-hybridized carbons (Fsp3) is 0.200. The molecule has 218 valence electrons. The van der Waals surface area contributed by atoms with E-state index in [1.165, 1.54) is 37.3 Å². The Morgan fingerprint density at radius 3 is 2.31 bits per heavy atom. The monoisotopic (exact) mass is 685 g/mol. The SMILES string of the molecule is COc1ccc(Cn2c(C(=O)N(CC=CC(=O)O)Cc3ccc(OC)cc3OC)c(I)c3cc([N+](=O)[O-])ccc32)cc1. The average molecular weight is 685 g/mol. The number of fused-ring (bicyclic) bond motifs is 1. The lowest BCUT2D eigenvalue weighted by molar-refractivity contribution is -0.384. The third kappa shape index (κ3) is 6.65. The number of aromatic nitrogens is 1. The smallest absolute Gasteiger partial charge is 0.328 e. The first-order valence-electron chi connectivity index (χ1n) is 12.7. The lowest BCUT2D eigenvalue weighted by atomic mass is 10.1. The van der Waals surface area contributed by atoms with Crippen LogP contribution in [-0.2, 0) is 17.9 Å². The summed E-state index contributed by atoms with van der Waals surface area (Å²) in [6.45, 7) is 0.379. The molecule has 0 spiro atoms. The molecular formula is C30H28IN3O8. The van der Waals surface area contributed by atoms with E-state index in [2.05, 4.69) is 0 Å². The summed E-state index contributed by atoms with van der Waals surface area (Å²) >= 11 is 2.04. The van der Waals surface area contributed by atoms with E-state index in [0.29, 0.717) is 49.5 Å². The van der Waals surface area contributed by atoms with Crippen molar-refractivity contribution in [1.29, 1.82) is 0 Å². The molecule has 12 heteroatoms. The molecule has 1 amide bonds. The van der Waals surface area contributed by atoms with Crippen molar-refractivity contribution in [1.82, 2.24) is 9.47 Å². The largest absolute Gasteiger partial charge is 0.497 e. The Morgan fingerprint density at radius 1 is 1.00 bits per heavy atom. The van der Waals surface area contributed by atoms with Gasteiger partial charge in [-0.25, -0.2) is 4.79 Å². The highest BCUT2D eigenvalue weighted by molar-refractivity contribution is 14.1. The minimum Gasteiger partial charge on any atom is -0.497 e. The number of hydrogen-bond acceptors (Lipinski definition) is 7. The first-order valence-corrected chi connectivity index (χ1v) is 13.7. The predicted octanol–water partition coefficient (Wildman–Crippen LogP) is 5.51. The minimum atomic E-state index is -1.14.